The fourth-order valence-corrected chi connectivity index (χ4v) is 4.75. The molecule has 0 bridgehead atoms. The van der Waals surface area contributed by atoms with Gasteiger partial charge < -0.3 is 11.5 Å². The zero-order chi connectivity index (χ0) is 22.6. The van der Waals surface area contributed by atoms with Gasteiger partial charge in [-0.3, -0.25) is 5.01 Å². The molecule has 0 amide bonds. The number of thioether (sulfide) groups is 2. The molecule has 0 spiro atoms. The average molecular weight is 462 g/mol. The highest BCUT2D eigenvalue weighted by Gasteiger charge is 2.31. The second-order valence-corrected chi connectivity index (χ2v) is 8.73. The first-order chi connectivity index (χ1) is 14.7. The molecule has 3 rings (SSSR count). The molecule has 1 aliphatic rings. The molecule has 0 fully saturated rings. The van der Waals surface area contributed by atoms with Gasteiger partial charge in [0.15, 0.2) is 4.38 Å². The molecule has 5 nitrogen and oxygen atoms in total. The third-order valence-corrected chi connectivity index (χ3v) is 6.41. The monoisotopic (exact) mass is 461 g/mol. The van der Waals surface area contributed by atoms with Crippen LogP contribution in [0.5, 0.6) is 0 Å². The lowest BCUT2D eigenvalue weighted by Crippen LogP contribution is -2.21. The lowest BCUT2D eigenvalue weighted by molar-refractivity contribution is -0.137. The van der Waals surface area contributed by atoms with Crippen molar-refractivity contribution in [2.24, 2.45) is 16.6 Å². The number of hydrogen-bond donors (Lipinski definition) is 2. The van der Waals surface area contributed by atoms with Crippen molar-refractivity contribution in [3.05, 3.63) is 87.6 Å². The van der Waals surface area contributed by atoms with Crippen LogP contribution in [0.15, 0.2) is 70.4 Å². The first kappa shape index (κ1) is 22.7. The summed E-state index contributed by atoms with van der Waals surface area (Å²) >= 11 is 2.53. The van der Waals surface area contributed by atoms with Crippen molar-refractivity contribution in [3.63, 3.8) is 0 Å². The van der Waals surface area contributed by atoms with E-state index in [1.807, 2.05) is 36.4 Å². The number of allylic oxidation sites excluding steroid dienone is 1. The summed E-state index contributed by atoms with van der Waals surface area (Å²) in [5.41, 5.74) is 14.0. The normalized spacial score (nSPS) is 15.0. The molecule has 2 aromatic carbocycles. The van der Waals surface area contributed by atoms with E-state index in [-0.39, 0.29) is 11.3 Å². The van der Waals surface area contributed by atoms with Crippen molar-refractivity contribution in [3.8, 4) is 6.07 Å². The summed E-state index contributed by atoms with van der Waals surface area (Å²) in [6, 6.07) is 14.4. The molecule has 0 aliphatic carbocycles. The molecule has 1 heterocycles. The molecular formula is C21H18F3N5S2. The van der Waals surface area contributed by atoms with Crippen LogP contribution in [0.3, 0.4) is 0 Å². The fourth-order valence-electron chi connectivity index (χ4n) is 2.71. The van der Waals surface area contributed by atoms with Gasteiger partial charge in [-0.2, -0.15) is 23.5 Å². The van der Waals surface area contributed by atoms with Crippen molar-refractivity contribution in [2.45, 2.75) is 11.9 Å². The van der Waals surface area contributed by atoms with Crippen molar-refractivity contribution in [1.29, 1.82) is 5.26 Å². The predicted molar refractivity (Wildman–Crippen MR) is 120 cm³/mol. The summed E-state index contributed by atoms with van der Waals surface area (Å²) < 4.78 is 39.2. The molecular weight excluding hydrogens is 443 g/mol. The molecule has 160 valence electrons. The molecule has 2 aromatic rings. The van der Waals surface area contributed by atoms with E-state index < -0.39 is 11.7 Å². The highest BCUT2D eigenvalue weighted by Crippen LogP contribution is 2.35. The van der Waals surface area contributed by atoms with Crippen LogP contribution in [0.2, 0.25) is 0 Å². The zero-order valence-electron chi connectivity index (χ0n) is 16.3. The predicted octanol–water partition coefficient (Wildman–Crippen LogP) is 4.89. The van der Waals surface area contributed by atoms with Crippen LogP contribution in [0.4, 0.5) is 13.2 Å². The minimum Gasteiger partial charge on any atom is -0.398 e. The van der Waals surface area contributed by atoms with Crippen LogP contribution in [-0.2, 0) is 11.9 Å². The van der Waals surface area contributed by atoms with Crippen LogP contribution in [0.25, 0.3) is 5.70 Å². The third kappa shape index (κ3) is 5.57. The van der Waals surface area contributed by atoms with Gasteiger partial charge in [-0.25, -0.2) is 0 Å². The van der Waals surface area contributed by atoms with Crippen LogP contribution in [0, 0.1) is 11.3 Å². The maximum atomic E-state index is 12.9. The molecule has 0 atom stereocenters. The second-order valence-electron chi connectivity index (χ2n) is 6.48. The molecule has 31 heavy (non-hydrogen) atoms. The Balaban J connectivity index is 1.72. The fraction of sp³-hybridized carbons (Fsp3) is 0.143. The van der Waals surface area contributed by atoms with E-state index in [1.165, 1.54) is 29.6 Å². The van der Waals surface area contributed by atoms with E-state index in [4.69, 9.17) is 11.5 Å². The Labute approximate surface area is 186 Å². The topological polar surface area (TPSA) is 91.4 Å². The Morgan fingerprint density at radius 2 is 1.97 bits per heavy atom. The second kappa shape index (κ2) is 9.41. The molecule has 1 aliphatic heterocycles. The van der Waals surface area contributed by atoms with Crippen LogP contribution >= 0.6 is 23.5 Å². The maximum absolute atomic E-state index is 12.9. The van der Waals surface area contributed by atoms with Gasteiger partial charge in [0.2, 0.25) is 0 Å². The summed E-state index contributed by atoms with van der Waals surface area (Å²) in [7, 11) is 1.73. The van der Waals surface area contributed by atoms with Gasteiger partial charge in [-0.05, 0) is 41.1 Å². The van der Waals surface area contributed by atoms with Gasteiger partial charge in [0, 0.05) is 18.5 Å². The Hall–Kier alpha value is -3.03. The van der Waals surface area contributed by atoms with Crippen molar-refractivity contribution >= 4 is 33.6 Å². The number of nitriles is 1. The number of hydrazone groups is 1. The number of hydrogen-bond acceptors (Lipinski definition) is 7. The summed E-state index contributed by atoms with van der Waals surface area (Å²) in [4.78, 5) is 0. The number of nitrogens with two attached hydrogens (primary N) is 2. The van der Waals surface area contributed by atoms with E-state index in [0.717, 1.165) is 17.7 Å². The highest BCUT2D eigenvalue weighted by molar-refractivity contribution is 8.40. The number of rotatable bonds is 4. The molecule has 0 unspecified atom stereocenters. The van der Waals surface area contributed by atoms with Crippen LogP contribution in [-0.4, -0.2) is 16.4 Å². The van der Waals surface area contributed by atoms with Gasteiger partial charge in [-0.15, -0.1) is 0 Å². The molecule has 0 saturated carbocycles. The Morgan fingerprint density at radius 1 is 1.26 bits per heavy atom. The highest BCUT2D eigenvalue weighted by atomic mass is 32.2. The minimum atomic E-state index is -4.49. The first-order valence-electron chi connectivity index (χ1n) is 8.94. The standard InChI is InChI=1S/C21H18F3N5S2/c1-29-18(10-17(26)13-5-3-2-4-6-13)19(27)31-20(28-29)30-12-14-7-8-16(21(22,23)24)9-15(14)11-25/h2-10H,12,26-27H2,1H3/b17-10-. The Morgan fingerprint density at radius 3 is 2.58 bits per heavy atom. The van der Waals surface area contributed by atoms with Crippen LogP contribution < -0.4 is 11.5 Å². The van der Waals surface area contributed by atoms with Crippen molar-refractivity contribution in [2.75, 3.05) is 7.05 Å². The average Bonchev–Trinajstić information content (AvgIpc) is 2.74. The third-order valence-electron chi connectivity index (χ3n) is 4.34. The Bertz CT molecular complexity index is 1100. The number of alkyl halides is 3. The summed E-state index contributed by atoms with van der Waals surface area (Å²) in [5, 5.41) is 15.8. The molecule has 0 radical (unpaired) electrons. The number of benzene rings is 2. The van der Waals surface area contributed by atoms with Gasteiger partial charge in [-0.1, -0.05) is 48.2 Å². The van der Waals surface area contributed by atoms with Crippen molar-refractivity contribution in [1.82, 2.24) is 5.01 Å². The zero-order valence-corrected chi connectivity index (χ0v) is 18.0. The Kier molecular flexibility index (Phi) is 6.87. The molecule has 4 N–H and O–H groups in total. The first-order valence-corrected chi connectivity index (χ1v) is 10.7. The minimum absolute atomic E-state index is 0.0140. The number of halogens is 3. The van der Waals surface area contributed by atoms with Gasteiger partial charge in [0.05, 0.1) is 27.9 Å². The van der Waals surface area contributed by atoms with E-state index >= 15 is 0 Å². The quantitative estimate of drug-likeness (QED) is 0.674. The maximum Gasteiger partial charge on any atom is 0.416 e. The molecule has 0 saturated heterocycles. The van der Waals surface area contributed by atoms with Crippen LogP contribution in [0.1, 0.15) is 22.3 Å². The number of likely N-dealkylation sites (N-methyl/N-ethyl adjacent to an activating group) is 1. The van der Waals surface area contributed by atoms with Gasteiger partial charge in [0.25, 0.3) is 0 Å². The molecule has 0 aromatic heterocycles. The van der Waals surface area contributed by atoms with E-state index in [1.54, 1.807) is 18.1 Å². The summed E-state index contributed by atoms with van der Waals surface area (Å²) in [5.74, 6) is 0.283. The lowest BCUT2D eigenvalue weighted by atomic mass is 10.1. The largest absolute Gasteiger partial charge is 0.416 e. The van der Waals surface area contributed by atoms with E-state index in [2.05, 4.69) is 5.10 Å². The SMILES string of the molecule is CN1N=C(SCc2ccc(C(F)(F)F)cc2C#N)SC(N)=C1/C=C(\N)c1ccccc1. The number of nitrogens with zero attached hydrogens (tertiary/aromatic N) is 3. The van der Waals surface area contributed by atoms with E-state index in [0.29, 0.717) is 26.4 Å². The lowest BCUT2D eigenvalue weighted by Gasteiger charge is -2.23. The molecule has 10 heteroatoms. The van der Waals surface area contributed by atoms with Crippen molar-refractivity contribution < 1.29 is 13.2 Å². The smallest absolute Gasteiger partial charge is 0.398 e. The summed E-state index contributed by atoms with van der Waals surface area (Å²) in [6.45, 7) is 0. The van der Waals surface area contributed by atoms with E-state index in [9.17, 15) is 18.4 Å². The van der Waals surface area contributed by atoms with Gasteiger partial charge in [0.1, 0.15) is 0 Å². The summed E-state index contributed by atoms with van der Waals surface area (Å²) in [6.07, 6.45) is -2.75. The van der Waals surface area contributed by atoms with Gasteiger partial charge >= 0.3 is 6.18 Å².